The quantitative estimate of drug-likeness (QED) is 0.890. The highest BCUT2D eigenvalue weighted by atomic mass is 32.1. The molecule has 2 N–H and O–H groups in total. The van der Waals surface area contributed by atoms with E-state index in [-0.39, 0.29) is 17.4 Å². The molecule has 2 amide bonds. The van der Waals surface area contributed by atoms with E-state index in [9.17, 15) is 9.59 Å². The Morgan fingerprint density at radius 2 is 2.17 bits per heavy atom. The summed E-state index contributed by atoms with van der Waals surface area (Å²) in [6.45, 7) is 5.37. The van der Waals surface area contributed by atoms with Gasteiger partial charge in [-0.15, -0.1) is 11.3 Å². The number of aromatic amines is 1. The van der Waals surface area contributed by atoms with Crippen LogP contribution in [0.1, 0.15) is 40.7 Å². The third kappa shape index (κ3) is 3.84. The molecule has 1 aliphatic rings. The summed E-state index contributed by atoms with van der Waals surface area (Å²) in [6.07, 6.45) is 3.46. The molecule has 0 atom stereocenters. The van der Waals surface area contributed by atoms with Crippen LogP contribution in [-0.2, 0) is 11.2 Å². The zero-order chi connectivity index (χ0) is 17.2. The molecule has 0 aliphatic carbocycles. The largest absolute Gasteiger partial charge is 0.350 e. The first-order valence-electron chi connectivity index (χ1n) is 8.09. The van der Waals surface area contributed by atoms with Gasteiger partial charge in [0.05, 0.1) is 11.3 Å². The number of hydrogen-bond acceptors (Lipinski definition) is 4. The van der Waals surface area contributed by atoms with Gasteiger partial charge in [-0.05, 0) is 49.8 Å². The van der Waals surface area contributed by atoms with Gasteiger partial charge in [0.1, 0.15) is 0 Å². The molecule has 0 radical (unpaired) electrons. The molecule has 1 fully saturated rings. The molecule has 0 saturated carbocycles. The number of amides is 2. The Morgan fingerprint density at radius 1 is 1.42 bits per heavy atom. The second-order valence-electron chi connectivity index (χ2n) is 6.65. The SMILES string of the molecule is Cc1csc(C(=O)N2CCC(C)(NC(=O)Cc3ccn[nH]3)CC2)c1. The number of rotatable bonds is 4. The van der Waals surface area contributed by atoms with E-state index in [0.717, 1.165) is 29.0 Å². The lowest BCUT2D eigenvalue weighted by Crippen LogP contribution is -2.54. The number of aryl methyl sites for hydroxylation is 1. The smallest absolute Gasteiger partial charge is 0.263 e. The van der Waals surface area contributed by atoms with Crippen LogP contribution in [0.5, 0.6) is 0 Å². The number of likely N-dealkylation sites (tertiary alicyclic amines) is 1. The minimum atomic E-state index is -0.265. The maximum atomic E-state index is 12.5. The Hall–Kier alpha value is -2.15. The van der Waals surface area contributed by atoms with E-state index in [1.807, 2.05) is 23.3 Å². The monoisotopic (exact) mass is 346 g/mol. The van der Waals surface area contributed by atoms with Crippen LogP contribution in [-0.4, -0.2) is 45.5 Å². The summed E-state index contributed by atoms with van der Waals surface area (Å²) in [5.41, 5.74) is 1.66. The fourth-order valence-electron chi connectivity index (χ4n) is 2.96. The number of H-pyrrole nitrogens is 1. The fraction of sp³-hybridized carbons (Fsp3) is 0.471. The van der Waals surface area contributed by atoms with Gasteiger partial charge < -0.3 is 10.2 Å². The summed E-state index contributed by atoms with van der Waals surface area (Å²) in [6, 6.07) is 3.74. The first-order chi connectivity index (χ1) is 11.5. The van der Waals surface area contributed by atoms with E-state index < -0.39 is 0 Å². The number of carbonyl (C=O) groups excluding carboxylic acids is 2. The van der Waals surface area contributed by atoms with E-state index in [1.165, 1.54) is 11.3 Å². The van der Waals surface area contributed by atoms with Crippen LogP contribution in [0.2, 0.25) is 0 Å². The summed E-state index contributed by atoms with van der Waals surface area (Å²) in [5, 5.41) is 11.8. The number of nitrogens with zero attached hydrogens (tertiary/aromatic N) is 2. The zero-order valence-corrected chi connectivity index (χ0v) is 14.8. The molecule has 24 heavy (non-hydrogen) atoms. The molecule has 0 bridgehead atoms. The first-order valence-corrected chi connectivity index (χ1v) is 8.97. The van der Waals surface area contributed by atoms with Crippen molar-refractivity contribution in [2.45, 2.75) is 38.6 Å². The van der Waals surface area contributed by atoms with E-state index in [0.29, 0.717) is 19.5 Å². The highest BCUT2D eigenvalue weighted by Gasteiger charge is 2.33. The Kier molecular flexibility index (Phi) is 4.71. The number of aromatic nitrogens is 2. The summed E-state index contributed by atoms with van der Waals surface area (Å²) in [4.78, 5) is 27.4. The van der Waals surface area contributed by atoms with Crippen LogP contribution in [0.3, 0.4) is 0 Å². The van der Waals surface area contributed by atoms with Crippen molar-refractivity contribution in [2.24, 2.45) is 0 Å². The van der Waals surface area contributed by atoms with Crippen LogP contribution >= 0.6 is 11.3 Å². The van der Waals surface area contributed by atoms with Gasteiger partial charge in [0.2, 0.25) is 5.91 Å². The third-order valence-electron chi connectivity index (χ3n) is 4.45. The van der Waals surface area contributed by atoms with Gasteiger partial charge >= 0.3 is 0 Å². The molecule has 0 aromatic carbocycles. The Bertz CT molecular complexity index is 715. The van der Waals surface area contributed by atoms with Crippen molar-refractivity contribution in [3.8, 4) is 0 Å². The summed E-state index contributed by atoms with van der Waals surface area (Å²) in [7, 11) is 0. The maximum Gasteiger partial charge on any atom is 0.263 e. The van der Waals surface area contributed by atoms with Gasteiger partial charge in [0, 0.05) is 30.5 Å². The maximum absolute atomic E-state index is 12.5. The van der Waals surface area contributed by atoms with Crippen molar-refractivity contribution in [1.29, 1.82) is 0 Å². The highest BCUT2D eigenvalue weighted by Crippen LogP contribution is 2.24. The highest BCUT2D eigenvalue weighted by molar-refractivity contribution is 7.12. The lowest BCUT2D eigenvalue weighted by molar-refractivity contribution is -0.122. The van der Waals surface area contributed by atoms with Gasteiger partial charge in [0.15, 0.2) is 0 Å². The van der Waals surface area contributed by atoms with E-state index >= 15 is 0 Å². The summed E-state index contributed by atoms with van der Waals surface area (Å²) < 4.78 is 0. The van der Waals surface area contributed by atoms with Crippen LogP contribution in [0.25, 0.3) is 0 Å². The van der Waals surface area contributed by atoms with Crippen LogP contribution in [0.4, 0.5) is 0 Å². The molecule has 3 rings (SSSR count). The van der Waals surface area contributed by atoms with Crippen molar-refractivity contribution in [2.75, 3.05) is 13.1 Å². The van der Waals surface area contributed by atoms with Gasteiger partial charge in [-0.1, -0.05) is 0 Å². The molecule has 3 heterocycles. The molecule has 1 saturated heterocycles. The van der Waals surface area contributed by atoms with Crippen molar-refractivity contribution in [1.82, 2.24) is 20.4 Å². The predicted octanol–water partition coefficient (Wildman–Crippen LogP) is 2.13. The second kappa shape index (κ2) is 6.76. The second-order valence-corrected chi connectivity index (χ2v) is 7.56. The number of piperidine rings is 1. The minimum absolute atomic E-state index is 0.0181. The Morgan fingerprint density at radius 3 is 2.75 bits per heavy atom. The number of nitrogens with one attached hydrogen (secondary N) is 2. The fourth-order valence-corrected chi connectivity index (χ4v) is 3.83. The number of hydrogen-bond donors (Lipinski definition) is 2. The standard InChI is InChI=1S/C17H22N4O2S/c1-12-9-14(24-11-12)16(23)21-7-4-17(2,5-8-21)19-15(22)10-13-3-6-18-20-13/h3,6,9,11H,4-5,7-8,10H2,1-2H3,(H,18,20)(H,19,22). The molecular formula is C17H22N4O2S. The molecule has 0 unspecified atom stereocenters. The molecule has 1 aliphatic heterocycles. The molecular weight excluding hydrogens is 324 g/mol. The first kappa shape index (κ1) is 16.7. The molecule has 128 valence electrons. The van der Waals surface area contributed by atoms with E-state index in [2.05, 4.69) is 22.4 Å². The Balaban J connectivity index is 1.53. The molecule has 6 nitrogen and oxygen atoms in total. The molecule has 2 aromatic rings. The molecule has 0 spiro atoms. The van der Waals surface area contributed by atoms with Crippen LogP contribution < -0.4 is 5.32 Å². The van der Waals surface area contributed by atoms with Gasteiger partial charge in [-0.3, -0.25) is 14.7 Å². The van der Waals surface area contributed by atoms with Crippen LogP contribution in [0, 0.1) is 6.92 Å². The topological polar surface area (TPSA) is 78.1 Å². The zero-order valence-electron chi connectivity index (χ0n) is 14.0. The van der Waals surface area contributed by atoms with Gasteiger partial charge in [-0.2, -0.15) is 5.10 Å². The van der Waals surface area contributed by atoms with E-state index in [4.69, 9.17) is 0 Å². The lowest BCUT2D eigenvalue weighted by atomic mass is 9.89. The van der Waals surface area contributed by atoms with Crippen molar-refractivity contribution < 1.29 is 9.59 Å². The van der Waals surface area contributed by atoms with Crippen molar-refractivity contribution in [3.05, 3.63) is 39.8 Å². The number of carbonyl (C=O) groups is 2. The average molecular weight is 346 g/mol. The summed E-state index contributed by atoms with van der Waals surface area (Å²) in [5.74, 6) is 0.0781. The van der Waals surface area contributed by atoms with E-state index in [1.54, 1.807) is 12.3 Å². The number of thiophene rings is 1. The lowest BCUT2D eigenvalue weighted by Gasteiger charge is -2.39. The van der Waals surface area contributed by atoms with Gasteiger partial charge in [-0.25, -0.2) is 0 Å². The predicted molar refractivity (Wildman–Crippen MR) is 93.0 cm³/mol. The Labute approximate surface area is 145 Å². The third-order valence-corrected chi connectivity index (χ3v) is 5.48. The van der Waals surface area contributed by atoms with Gasteiger partial charge in [0.25, 0.3) is 5.91 Å². The van der Waals surface area contributed by atoms with Crippen molar-refractivity contribution in [3.63, 3.8) is 0 Å². The average Bonchev–Trinajstić information content (AvgIpc) is 3.18. The normalized spacial score (nSPS) is 16.8. The molecule has 2 aromatic heterocycles. The molecule has 7 heteroatoms. The van der Waals surface area contributed by atoms with Crippen LogP contribution in [0.15, 0.2) is 23.7 Å². The summed E-state index contributed by atoms with van der Waals surface area (Å²) >= 11 is 1.49. The minimum Gasteiger partial charge on any atom is -0.350 e. The van der Waals surface area contributed by atoms with Crippen molar-refractivity contribution >= 4 is 23.2 Å².